The van der Waals surface area contributed by atoms with Gasteiger partial charge in [-0.1, -0.05) is 0 Å². The summed E-state index contributed by atoms with van der Waals surface area (Å²) in [5, 5.41) is 8.77. The van der Waals surface area contributed by atoms with Crippen LogP contribution in [0.2, 0.25) is 0 Å². The van der Waals surface area contributed by atoms with Gasteiger partial charge in [0.15, 0.2) is 0 Å². The minimum atomic E-state index is -1.06. The molecule has 88 valence electrons. The van der Waals surface area contributed by atoms with Gasteiger partial charge < -0.3 is 10.8 Å². The third-order valence-corrected chi connectivity index (χ3v) is 2.73. The number of nitrogens with two attached hydrogens (primary N) is 1. The van der Waals surface area contributed by atoms with Gasteiger partial charge in [0.05, 0.1) is 5.56 Å². The third-order valence-electron chi connectivity index (χ3n) is 2.73. The summed E-state index contributed by atoms with van der Waals surface area (Å²) < 4.78 is 13.4. The molecule has 0 amide bonds. The molecule has 1 fully saturated rings. The van der Waals surface area contributed by atoms with E-state index in [0.29, 0.717) is 11.5 Å². The van der Waals surface area contributed by atoms with E-state index in [1.165, 1.54) is 18.2 Å². The maximum absolute atomic E-state index is 13.4. The molecule has 3 N–H and O–H groups in total. The number of carbonyl (C=O) groups is 1. The van der Waals surface area contributed by atoms with Crippen molar-refractivity contribution in [1.29, 1.82) is 0 Å². The topological polar surface area (TPSA) is 63.3 Å². The number of carboxylic acid groups (broad SMARTS) is 1. The van der Waals surface area contributed by atoms with E-state index in [4.69, 9.17) is 10.8 Å². The second-order valence-corrected chi connectivity index (χ2v) is 3.90. The van der Waals surface area contributed by atoms with Crippen molar-refractivity contribution in [3.8, 4) is 0 Å². The molecule has 2 rings (SSSR count). The second-order valence-electron chi connectivity index (χ2n) is 3.90. The molecule has 0 spiro atoms. The summed E-state index contributed by atoms with van der Waals surface area (Å²) in [5.41, 5.74) is 6.24. The van der Waals surface area contributed by atoms with Crippen molar-refractivity contribution in [1.82, 2.24) is 0 Å². The zero-order valence-electron chi connectivity index (χ0n) is 8.52. The standard InChI is InChI=1S/C11H12FNO2.ClH/c12-9-4-3-7(11(14)15)5-8(9)10(13)6-1-2-6;/h3-6,10H,1-2,13H2,(H,14,15);1H/t10-;/m1./s1. The fraction of sp³-hybridized carbons (Fsp3) is 0.364. The number of benzene rings is 1. The highest BCUT2D eigenvalue weighted by molar-refractivity contribution is 5.87. The first-order chi connectivity index (χ1) is 7.09. The Hall–Kier alpha value is -1.13. The van der Waals surface area contributed by atoms with Gasteiger partial charge in [0.2, 0.25) is 0 Å². The molecule has 0 unspecified atom stereocenters. The van der Waals surface area contributed by atoms with Crippen molar-refractivity contribution < 1.29 is 14.3 Å². The molecule has 5 heteroatoms. The van der Waals surface area contributed by atoms with Gasteiger partial charge in [0.1, 0.15) is 5.82 Å². The molecular formula is C11H13ClFNO2. The van der Waals surface area contributed by atoms with Crippen LogP contribution in [0.5, 0.6) is 0 Å². The first-order valence-corrected chi connectivity index (χ1v) is 4.88. The van der Waals surface area contributed by atoms with Crippen molar-refractivity contribution in [3.63, 3.8) is 0 Å². The van der Waals surface area contributed by atoms with Crippen molar-refractivity contribution in [2.24, 2.45) is 11.7 Å². The van der Waals surface area contributed by atoms with Gasteiger partial charge in [0, 0.05) is 11.6 Å². The largest absolute Gasteiger partial charge is 0.478 e. The van der Waals surface area contributed by atoms with Crippen LogP contribution < -0.4 is 5.73 Å². The lowest BCUT2D eigenvalue weighted by molar-refractivity contribution is 0.0696. The van der Waals surface area contributed by atoms with Crippen LogP contribution >= 0.6 is 12.4 Å². The van der Waals surface area contributed by atoms with Crippen LogP contribution in [0.4, 0.5) is 4.39 Å². The quantitative estimate of drug-likeness (QED) is 0.859. The van der Waals surface area contributed by atoms with E-state index in [-0.39, 0.29) is 24.0 Å². The first-order valence-electron chi connectivity index (χ1n) is 4.88. The Labute approximate surface area is 98.9 Å². The van der Waals surface area contributed by atoms with E-state index in [0.717, 1.165) is 12.8 Å². The maximum atomic E-state index is 13.4. The molecule has 1 aliphatic carbocycles. The van der Waals surface area contributed by atoms with Crippen LogP contribution in [0.25, 0.3) is 0 Å². The van der Waals surface area contributed by atoms with E-state index < -0.39 is 11.8 Å². The Morgan fingerprint density at radius 2 is 2.12 bits per heavy atom. The summed E-state index contributed by atoms with van der Waals surface area (Å²) in [7, 11) is 0. The van der Waals surface area contributed by atoms with Gasteiger partial charge in [-0.15, -0.1) is 12.4 Å². The minimum Gasteiger partial charge on any atom is -0.478 e. The summed E-state index contributed by atoms with van der Waals surface area (Å²) in [4.78, 5) is 10.7. The van der Waals surface area contributed by atoms with E-state index in [1.807, 2.05) is 0 Å². The summed E-state index contributed by atoms with van der Waals surface area (Å²) >= 11 is 0. The lowest BCUT2D eigenvalue weighted by Gasteiger charge is -2.12. The molecule has 1 aliphatic rings. The maximum Gasteiger partial charge on any atom is 0.335 e. The molecule has 1 aromatic rings. The predicted molar refractivity (Wildman–Crippen MR) is 60.3 cm³/mol. The van der Waals surface area contributed by atoms with Gasteiger partial charge >= 0.3 is 5.97 Å². The average Bonchev–Trinajstić information content (AvgIpc) is 3.00. The molecule has 0 aliphatic heterocycles. The van der Waals surface area contributed by atoms with Gasteiger partial charge in [-0.2, -0.15) is 0 Å². The fourth-order valence-corrected chi connectivity index (χ4v) is 1.64. The average molecular weight is 246 g/mol. The minimum absolute atomic E-state index is 0. The SMILES string of the molecule is Cl.N[C@@H](c1cc(C(=O)O)ccc1F)C1CC1. The highest BCUT2D eigenvalue weighted by Crippen LogP contribution is 2.40. The van der Waals surface area contributed by atoms with Gasteiger partial charge in [-0.3, -0.25) is 0 Å². The Morgan fingerprint density at radius 3 is 2.62 bits per heavy atom. The number of rotatable bonds is 3. The summed E-state index contributed by atoms with van der Waals surface area (Å²) in [6.45, 7) is 0. The summed E-state index contributed by atoms with van der Waals surface area (Å²) in [6, 6.07) is 3.38. The van der Waals surface area contributed by atoms with Gasteiger partial charge in [-0.25, -0.2) is 9.18 Å². The van der Waals surface area contributed by atoms with Crippen LogP contribution in [0.3, 0.4) is 0 Å². The monoisotopic (exact) mass is 245 g/mol. The van der Waals surface area contributed by atoms with Crippen molar-refractivity contribution in [2.75, 3.05) is 0 Å². The van der Waals surface area contributed by atoms with E-state index in [1.54, 1.807) is 0 Å². The lowest BCUT2D eigenvalue weighted by atomic mass is 10.0. The van der Waals surface area contributed by atoms with Gasteiger partial charge in [0.25, 0.3) is 0 Å². The molecule has 0 radical (unpaired) electrons. The summed E-state index contributed by atoms with van der Waals surface area (Å²) in [6.07, 6.45) is 2.00. The highest BCUT2D eigenvalue weighted by atomic mass is 35.5. The Kier molecular flexibility index (Phi) is 3.88. The summed E-state index contributed by atoms with van der Waals surface area (Å²) in [5.74, 6) is -1.16. The van der Waals surface area contributed by atoms with E-state index in [9.17, 15) is 9.18 Å². The Balaban J connectivity index is 0.00000128. The zero-order chi connectivity index (χ0) is 11.0. The molecule has 1 atom stereocenters. The molecule has 0 bridgehead atoms. The fourth-order valence-electron chi connectivity index (χ4n) is 1.64. The highest BCUT2D eigenvalue weighted by Gasteiger charge is 2.31. The van der Waals surface area contributed by atoms with Gasteiger partial charge in [-0.05, 0) is 37.0 Å². The van der Waals surface area contributed by atoms with Crippen molar-refractivity contribution in [3.05, 3.63) is 35.1 Å². The van der Waals surface area contributed by atoms with E-state index >= 15 is 0 Å². The lowest BCUT2D eigenvalue weighted by Crippen LogP contribution is -2.15. The van der Waals surface area contributed by atoms with Crippen LogP contribution in [-0.4, -0.2) is 11.1 Å². The number of halogens is 2. The van der Waals surface area contributed by atoms with E-state index in [2.05, 4.69) is 0 Å². The number of aromatic carboxylic acids is 1. The number of carboxylic acids is 1. The predicted octanol–water partition coefficient (Wildman–Crippen LogP) is 2.36. The smallest absolute Gasteiger partial charge is 0.335 e. The molecule has 3 nitrogen and oxygen atoms in total. The van der Waals surface area contributed by atoms with Crippen LogP contribution in [0.1, 0.15) is 34.8 Å². The molecule has 1 aromatic carbocycles. The Morgan fingerprint density at radius 1 is 1.50 bits per heavy atom. The Bertz CT molecular complexity index is 407. The van der Waals surface area contributed by atoms with Crippen LogP contribution in [-0.2, 0) is 0 Å². The molecule has 16 heavy (non-hydrogen) atoms. The second kappa shape index (κ2) is 4.80. The molecule has 0 aromatic heterocycles. The third kappa shape index (κ3) is 2.51. The zero-order valence-corrected chi connectivity index (χ0v) is 9.34. The van der Waals surface area contributed by atoms with Crippen LogP contribution in [0.15, 0.2) is 18.2 Å². The normalized spacial score (nSPS) is 16.4. The first kappa shape index (κ1) is 12.9. The number of hydrogen-bond donors (Lipinski definition) is 2. The van der Waals surface area contributed by atoms with Crippen LogP contribution in [0, 0.1) is 11.7 Å². The molecule has 0 heterocycles. The van der Waals surface area contributed by atoms with Crippen molar-refractivity contribution >= 4 is 18.4 Å². The number of hydrogen-bond acceptors (Lipinski definition) is 2. The molecule has 1 saturated carbocycles. The van der Waals surface area contributed by atoms with Crippen molar-refractivity contribution in [2.45, 2.75) is 18.9 Å². The molecule has 0 saturated heterocycles. The molecular weight excluding hydrogens is 233 g/mol.